The van der Waals surface area contributed by atoms with E-state index in [1.54, 1.807) is 0 Å². The van der Waals surface area contributed by atoms with Gasteiger partial charge in [-0.25, -0.2) is 13.8 Å². The topological polar surface area (TPSA) is 28.2 Å². The third-order valence-corrected chi connectivity index (χ3v) is 3.88. The SMILES string of the molecule is Fc1cnc(N2CCCC(CNC3CC3)C2)c(F)c1. The molecule has 0 aromatic carbocycles. The van der Waals surface area contributed by atoms with E-state index in [4.69, 9.17) is 0 Å². The van der Waals surface area contributed by atoms with Gasteiger partial charge in [-0.05, 0) is 38.1 Å². The fourth-order valence-electron chi connectivity index (χ4n) is 2.68. The van der Waals surface area contributed by atoms with Crippen molar-refractivity contribution in [3.63, 3.8) is 0 Å². The monoisotopic (exact) mass is 267 g/mol. The van der Waals surface area contributed by atoms with E-state index in [9.17, 15) is 8.78 Å². The Labute approximate surface area is 112 Å². The summed E-state index contributed by atoms with van der Waals surface area (Å²) in [6.45, 7) is 2.59. The molecule has 1 aliphatic carbocycles. The van der Waals surface area contributed by atoms with Crippen molar-refractivity contribution in [1.82, 2.24) is 10.3 Å². The van der Waals surface area contributed by atoms with Crippen molar-refractivity contribution >= 4 is 5.82 Å². The van der Waals surface area contributed by atoms with Gasteiger partial charge in [0, 0.05) is 25.2 Å². The maximum Gasteiger partial charge on any atom is 0.168 e. The minimum absolute atomic E-state index is 0.289. The summed E-state index contributed by atoms with van der Waals surface area (Å²) in [4.78, 5) is 5.84. The van der Waals surface area contributed by atoms with Gasteiger partial charge in [-0.1, -0.05) is 0 Å². The molecule has 0 amide bonds. The highest BCUT2D eigenvalue weighted by Gasteiger charge is 2.26. The molecule has 1 atom stereocenters. The lowest BCUT2D eigenvalue weighted by Gasteiger charge is -2.33. The summed E-state index contributed by atoms with van der Waals surface area (Å²) < 4.78 is 26.6. The number of halogens is 2. The van der Waals surface area contributed by atoms with E-state index in [-0.39, 0.29) is 5.82 Å². The predicted octanol–water partition coefficient (Wildman–Crippen LogP) is 2.33. The van der Waals surface area contributed by atoms with E-state index < -0.39 is 11.6 Å². The van der Waals surface area contributed by atoms with Gasteiger partial charge in [0.05, 0.1) is 6.20 Å². The van der Waals surface area contributed by atoms with Gasteiger partial charge in [-0.15, -0.1) is 0 Å². The van der Waals surface area contributed by atoms with Crippen molar-refractivity contribution in [3.05, 3.63) is 23.9 Å². The van der Waals surface area contributed by atoms with Crippen molar-refractivity contribution in [2.24, 2.45) is 5.92 Å². The van der Waals surface area contributed by atoms with Crippen molar-refractivity contribution in [2.45, 2.75) is 31.7 Å². The summed E-state index contributed by atoms with van der Waals surface area (Å²) in [5, 5.41) is 3.52. The van der Waals surface area contributed by atoms with Crippen LogP contribution in [0.2, 0.25) is 0 Å². The van der Waals surface area contributed by atoms with Crippen LogP contribution in [0.15, 0.2) is 12.3 Å². The third kappa shape index (κ3) is 3.21. The first kappa shape index (κ1) is 12.8. The van der Waals surface area contributed by atoms with E-state index in [1.807, 2.05) is 4.90 Å². The van der Waals surface area contributed by atoms with Crippen LogP contribution in [-0.2, 0) is 0 Å². The normalized spacial score (nSPS) is 23.7. The van der Waals surface area contributed by atoms with Crippen LogP contribution in [-0.4, -0.2) is 30.7 Å². The van der Waals surface area contributed by atoms with Crippen LogP contribution >= 0.6 is 0 Å². The number of anilines is 1. The Bertz CT molecular complexity index is 448. The van der Waals surface area contributed by atoms with Crippen LogP contribution in [0.5, 0.6) is 0 Å². The molecule has 1 aromatic heterocycles. The molecule has 0 bridgehead atoms. The highest BCUT2D eigenvalue weighted by atomic mass is 19.1. The van der Waals surface area contributed by atoms with Crippen molar-refractivity contribution in [1.29, 1.82) is 0 Å². The molecule has 1 aliphatic heterocycles. The number of piperidine rings is 1. The Hall–Kier alpha value is -1.23. The molecular weight excluding hydrogens is 248 g/mol. The first-order valence-corrected chi connectivity index (χ1v) is 7.02. The third-order valence-electron chi connectivity index (χ3n) is 3.88. The lowest BCUT2D eigenvalue weighted by molar-refractivity contribution is 0.386. The van der Waals surface area contributed by atoms with Gasteiger partial charge >= 0.3 is 0 Å². The largest absolute Gasteiger partial charge is 0.354 e. The second kappa shape index (κ2) is 5.41. The van der Waals surface area contributed by atoms with Crippen molar-refractivity contribution < 1.29 is 8.78 Å². The number of rotatable bonds is 4. The summed E-state index contributed by atoms with van der Waals surface area (Å²) in [6, 6.07) is 1.62. The lowest BCUT2D eigenvalue weighted by Crippen LogP contribution is -2.40. The molecule has 1 saturated heterocycles. The average Bonchev–Trinajstić information content (AvgIpc) is 3.21. The summed E-state index contributed by atoms with van der Waals surface area (Å²) >= 11 is 0. The fourth-order valence-corrected chi connectivity index (χ4v) is 2.68. The van der Waals surface area contributed by atoms with Crippen LogP contribution in [0.1, 0.15) is 25.7 Å². The molecule has 3 nitrogen and oxygen atoms in total. The molecule has 5 heteroatoms. The van der Waals surface area contributed by atoms with E-state index in [1.165, 1.54) is 19.3 Å². The second-order valence-electron chi connectivity index (χ2n) is 5.60. The number of aromatic nitrogens is 1. The van der Waals surface area contributed by atoms with Gasteiger partial charge in [-0.2, -0.15) is 0 Å². The molecule has 2 fully saturated rings. The maximum absolute atomic E-state index is 13.7. The summed E-state index contributed by atoms with van der Waals surface area (Å²) in [7, 11) is 0. The molecule has 2 heterocycles. The van der Waals surface area contributed by atoms with Gasteiger partial charge in [0.1, 0.15) is 5.82 Å². The van der Waals surface area contributed by atoms with Crippen molar-refractivity contribution in [3.8, 4) is 0 Å². The quantitative estimate of drug-likeness (QED) is 0.907. The smallest absolute Gasteiger partial charge is 0.168 e. The van der Waals surface area contributed by atoms with Crippen LogP contribution in [0, 0.1) is 17.6 Å². The first-order valence-electron chi connectivity index (χ1n) is 7.02. The molecule has 19 heavy (non-hydrogen) atoms. The highest BCUT2D eigenvalue weighted by molar-refractivity contribution is 5.40. The van der Waals surface area contributed by atoms with Crippen LogP contribution in [0.3, 0.4) is 0 Å². The molecule has 2 aliphatic rings. The first-order chi connectivity index (χ1) is 9.22. The molecule has 0 spiro atoms. The zero-order valence-electron chi connectivity index (χ0n) is 10.9. The van der Waals surface area contributed by atoms with E-state index in [0.29, 0.717) is 12.0 Å². The Balaban J connectivity index is 1.62. The minimum Gasteiger partial charge on any atom is -0.354 e. The minimum atomic E-state index is -0.620. The molecular formula is C14H19F2N3. The molecule has 0 radical (unpaired) electrons. The van der Waals surface area contributed by atoms with Crippen LogP contribution in [0.25, 0.3) is 0 Å². The number of nitrogens with one attached hydrogen (secondary N) is 1. The van der Waals surface area contributed by atoms with Crippen LogP contribution in [0.4, 0.5) is 14.6 Å². The molecule has 1 aromatic rings. The van der Waals surface area contributed by atoms with E-state index in [0.717, 1.165) is 38.3 Å². The van der Waals surface area contributed by atoms with Gasteiger partial charge in [0.2, 0.25) is 0 Å². The zero-order chi connectivity index (χ0) is 13.2. The number of pyridine rings is 1. The van der Waals surface area contributed by atoms with E-state index >= 15 is 0 Å². The highest BCUT2D eigenvalue weighted by Crippen LogP contribution is 2.25. The molecule has 1 saturated carbocycles. The van der Waals surface area contributed by atoms with Gasteiger partial charge < -0.3 is 10.2 Å². The standard InChI is InChI=1S/C14H19F2N3/c15-11-6-13(16)14(18-8-11)19-5-1-2-10(9-19)7-17-12-3-4-12/h6,8,10,12,17H,1-5,7,9H2. The molecule has 104 valence electrons. The zero-order valence-corrected chi connectivity index (χ0v) is 10.9. The number of hydrogen-bond donors (Lipinski definition) is 1. The summed E-state index contributed by atoms with van der Waals surface area (Å²) in [6.07, 6.45) is 5.86. The second-order valence-corrected chi connectivity index (χ2v) is 5.60. The predicted molar refractivity (Wildman–Crippen MR) is 70.1 cm³/mol. The number of nitrogens with zero attached hydrogens (tertiary/aromatic N) is 2. The molecule has 3 rings (SSSR count). The average molecular weight is 267 g/mol. The summed E-state index contributed by atoms with van der Waals surface area (Å²) in [5.41, 5.74) is 0. The lowest BCUT2D eigenvalue weighted by atomic mass is 9.98. The summed E-state index contributed by atoms with van der Waals surface area (Å²) in [5.74, 6) is -0.362. The van der Waals surface area contributed by atoms with Gasteiger partial charge in [-0.3, -0.25) is 0 Å². The number of hydrogen-bond acceptors (Lipinski definition) is 3. The van der Waals surface area contributed by atoms with E-state index in [2.05, 4.69) is 10.3 Å². The Morgan fingerprint density at radius 1 is 1.32 bits per heavy atom. The Morgan fingerprint density at radius 2 is 2.16 bits per heavy atom. The van der Waals surface area contributed by atoms with Gasteiger partial charge in [0.25, 0.3) is 0 Å². The Morgan fingerprint density at radius 3 is 2.89 bits per heavy atom. The fraction of sp³-hybridized carbons (Fsp3) is 0.643. The van der Waals surface area contributed by atoms with Crippen molar-refractivity contribution in [2.75, 3.05) is 24.5 Å². The van der Waals surface area contributed by atoms with Gasteiger partial charge in [0.15, 0.2) is 11.6 Å². The maximum atomic E-state index is 13.7. The molecule has 1 unspecified atom stereocenters. The molecule has 1 N–H and O–H groups in total. The van der Waals surface area contributed by atoms with Crippen LogP contribution < -0.4 is 10.2 Å². The Kier molecular flexibility index (Phi) is 3.64.